The molecule has 0 aliphatic carbocycles. The number of hydrogen-bond donors (Lipinski definition) is 2. The van der Waals surface area contributed by atoms with E-state index in [0.29, 0.717) is 30.4 Å². The molecule has 2 rings (SSSR count). The Balaban J connectivity index is 2.10. The summed E-state index contributed by atoms with van der Waals surface area (Å²) < 4.78 is 34.9. The molecular weight excluding hydrogens is 342 g/mol. The molecule has 2 N–H and O–H groups in total. The second kappa shape index (κ2) is 10.2. The fourth-order valence-corrected chi connectivity index (χ4v) is 2.18. The largest absolute Gasteiger partial charge is 0.497 e. The first-order valence-electron chi connectivity index (χ1n) is 8.16. The Morgan fingerprint density at radius 1 is 1.23 bits per heavy atom. The maximum absolute atomic E-state index is 12.6. The van der Waals surface area contributed by atoms with Gasteiger partial charge < -0.3 is 20.1 Å². The Morgan fingerprint density at radius 3 is 2.73 bits per heavy atom. The Labute approximate surface area is 151 Å². The highest BCUT2D eigenvalue weighted by atomic mass is 19.3. The zero-order valence-electron chi connectivity index (χ0n) is 14.7. The molecule has 26 heavy (non-hydrogen) atoms. The number of alkyl halides is 2. The van der Waals surface area contributed by atoms with Crippen molar-refractivity contribution in [3.8, 4) is 11.5 Å². The maximum atomic E-state index is 12.6. The number of benzene rings is 1. The van der Waals surface area contributed by atoms with Gasteiger partial charge in [0.15, 0.2) is 5.96 Å². The van der Waals surface area contributed by atoms with Gasteiger partial charge in [-0.2, -0.15) is 8.78 Å². The molecule has 0 atom stereocenters. The fraction of sp³-hybridized carbons (Fsp3) is 0.333. The van der Waals surface area contributed by atoms with Gasteiger partial charge in [0.1, 0.15) is 11.5 Å². The quantitative estimate of drug-likeness (QED) is 0.557. The Morgan fingerprint density at radius 2 is 2.08 bits per heavy atom. The van der Waals surface area contributed by atoms with E-state index in [9.17, 15) is 8.78 Å². The van der Waals surface area contributed by atoms with Crippen molar-refractivity contribution in [1.29, 1.82) is 0 Å². The van der Waals surface area contributed by atoms with Gasteiger partial charge in [-0.3, -0.25) is 4.98 Å². The average molecular weight is 364 g/mol. The van der Waals surface area contributed by atoms with Crippen molar-refractivity contribution >= 4 is 5.96 Å². The molecule has 0 fully saturated rings. The number of ether oxygens (including phenoxy) is 2. The zero-order valence-corrected chi connectivity index (χ0v) is 14.7. The van der Waals surface area contributed by atoms with E-state index in [-0.39, 0.29) is 12.3 Å². The third-order valence-corrected chi connectivity index (χ3v) is 3.41. The van der Waals surface area contributed by atoms with Crippen LogP contribution in [0.5, 0.6) is 11.5 Å². The number of halogens is 2. The van der Waals surface area contributed by atoms with Gasteiger partial charge in [0.2, 0.25) is 0 Å². The summed E-state index contributed by atoms with van der Waals surface area (Å²) >= 11 is 0. The lowest BCUT2D eigenvalue weighted by Crippen LogP contribution is -2.37. The van der Waals surface area contributed by atoms with Crippen LogP contribution in [0, 0.1) is 0 Å². The standard InChI is InChI=1S/C18H22F2N4O2/c1-3-21-18(24-12-14-6-4-5-9-22-14)23-11-13-7-8-15(25-2)10-16(13)26-17(19)20/h4-10,17H,3,11-12H2,1-2H3,(H2,21,23,24). The summed E-state index contributed by atoms with van der Waals surface area (Å²) in [6, 6.07) is 10.4. The van der Waals surface area contributed by atoms with Crippen LogP contribution < -0.4 is 20.1 Å². The average Bonchev–Trinajstić information content (AvgIpc) is 2.65. The molecular formula is C18H22F2N4O2. The molecule has 1 aromatic carbocycles. The summed E-state index contributed by atoms with van der Waals surface area (Å²) in [5.41, 5.74) is 1.39. The predicted molar refractivity (Wildman–Crippen MR) is 95.5 cm³/mol. The summed E-state index contributed by atoms with van der Waals surface area (Å²) in [6.07, 6.45) is 1.71. The molecule has 0 aliphatic rings. The minimum absolute atomic E-state index is 0.0451. The van der Waals surface area contributed by atoms with Crippen LogP contribution in [0.2, 0.25) is 0 Å². The van der Waals surface area contributed by atoms with Crippen LogP contribution >= 0.6 is 0 Å². The minimum Gasteiger partial charge on any atom is -0.497 e. The number of methoxy groups -OCH3 is 1. The lowest BCUT2D eigenvalue weighted by molar-refractivity contribution is -0.0505. The van der Waals surface area contributed by atoms with E-state index in [1.807, 2.05) is 25.1 Å². The van der Waals surface area contributed by atoms with E-state index in [4.69, 9.17) is 4.74 Å². The molecule has 0 radical (unpaired) electrons. The Kier molecular flexibility index (Phi) is 7.60. The smallest absolute Gasteiger partial charge is 0.387 e. The molecule has 1 aromatic heterocycles. The van der Waals surface area contributed by atoms with Gasteiger partial charge in [-0.15, -0.1) is 0 Å². The van der Waals surface area contributed by atoms with E-state index in [0.717, 1.165) is 5.69 Å². The van der Waals surface area contributed by atoms with Crippen molar-refractivity contribution < 1.29 is 18.3 Å². The number of nitrogens with zero attached hydrogens (tertiary/aromatic N) is 2. The topological polar surface area (TPSA) is 67.8 Å². The highest BCUT2D eigenvalue weighted by molar-refractivity contribution is 5.79. The number of pyridine rings is 1. The van der Waals surface area contributed by atoms with E-state index >= 15 is 0 Å². The molecule has 140 valence electrons. The van der Waals surface area contributed by atoms with Gasteiger partial charge in [-0.25, -0.2) is 4.99 Å². The molecule has 0 amide bonds. The molecule has 0 unspecified atom stereocenters. The van der Waals surface area contributed by atoms with Crippen molar-refractivity contribution in [2.24, 2.45) is 4.99 Å². The normalized spacial score (nSPS) is 11.3. The number of guanidine groups is 1. The molecule has 8 heteroatoms. The lowest BCUT2D eigenvalue weighted by Gasteiger charge is -2.13. The molecule has 0 saturated heterocycles. The van der Waals surface area contributed by atoms with Crippen molar-refractivity contribution in [2.45, 2.75) is 26.6 Å². The minimum atomic E-state index is -2.92. The van der Waals surface area contributed by atoms with Crippen molar-refractivity contribution in [3.05, 3.63) is 53.9 Å². The van der Waals surface area contributed by atoms with Crippen molar-refractivity contribution in [1.82, 2.24) is 15.6 Å². The van der Waals surface area contributed by atoms with Crippen LogP contribution in [-0.2, 0) is 13.1 Å². The zero-order chi connectivity index (χ0) is 18.8. The molecule has 2 aromatic rings. The number of nitrogens with one attached hydrogen (secondary N) is 2. The molecule has 0 spiro atoms. The molecule has 6 nitrogen and oxygen atoms in total. The summed E-state index contributed by atoms with van der Waals surface area (Å²) in [4.78, 5) is 8.66. The van der Waals surface area contributed by atoms with E-state index < -0.39 is 6.61 Å². The van der Waals surface area contributed by atoms with Crippen LogP contribution in [0.4, 0.5) is 8.78 Å². The van der Waals surface area contributed by atoms with Crippen LogP contribution in [0.3, 0.4) is 0 Å². The third kappa shape index (κ3) is 6.19. The first-order chi connectivity index (χ1) is 12.6. The fourth-order valence-electron chi connectivity index (χ4n) is 2.18. The van der Waals surface area contributed by atoms with Gasteiger partial charge in [-0.1, -0.05) is 6.07 Å². The van der Waals surface area contributed by atoms with Crippen molar-refractivity contribution in [3.63, 3.8) is 0 Å². The second-order valence-corrected chi connectivity index (χ2v) is 5.22. The SMILES string of the molecule is CCNC(=NCc1ccc(OC)cc1OC(F)F)NCc1ccccn1. The molecule has 1 heterocycles. The van der Waals surface area contributed by atoms with Gasteiger partial charge >= 0.3 is 6.61 Å². The highest BCUT2D eigenvalue weighted by Crippen LogP contribution is 2.27. The lowest BCUT2D eigenvalue weighted by atomic mass is 10.2. The van der Waals surface area contributed by atoms with Gasteiger partial charge in [-0.05, 0) is 31.2 Å². The van der Waals surface area contributed by atoms with Crippen LogP contribution in [0.25, 0.3) is 0 Å². The highest BCUT2D eigenvalue weighted by Gasteiger charge is 2.11. The first-order valence-corrected chi connectivity index (χ1v) is 8.16. The van der Waals surface area contributed by atoms with E-state index in [1.54, 1.807) is 18.3 Å². The van der Waals surface area contributed by atoms with Crippen LogP contribution in [-0.4, -0.2) is 31.2 Å². The van der Waals surface area contributed by atoms with Crippen LogP contribution in [0.15, 0.2) is 47.6 Å². The van der Waals surface area contributed by atoms with Crippen molar-refractivity contribution in [2.75, 3.05) is 13.7 Å². The third-order valence-electron chi connectivity index (χ3n) is 3.41. The van der Waals surface area contributed by atoms with E-state index in [1.165, 1.54) is 13.2 Å². The van der Waals surface area contributed by atoms with Gasteiger partial charge in [0.05, 0.1) is 25.9 Å². The number of aliphatic imine (C=N–C) groups is 1. The summed E-state index contributed by atoms with van der Waals surface area (Å²) in [6.45, 7) is 0.355. The summed E-state index contributed by atoms with van der Waals surface area (Å²) in [5.74, 6) is 1.04. The molecule has 0 saturated carbocycles. The monoisotopic (exact) mass is 364 g/mol. The summed E-state index contributed by atoms with van der Waals surface area (Å²) in [5, 5.41) is 6.26. The second-order valence-electron chi connectivity index (χ2n) is 5.22. The Bertz CT molecular complexity index is 712. The first kappa shape index (κ1) is 19.4. The van der Waals surface area contributed by atoms with Crippen LogP contribution in [0.1, 0.15) is 18.2 Å². The molecule has 0 bridgehead atoms. The number of aromatic nitrogens is 1. The van der Waals surface area contributed by atoms with E-state index in [2.05, 4.69) is 25.3 Å². The maximum Gasteiger partial charge on any atom is 0.387 e. The number of rotatable bonds is 8. The summed E-state index contributed by atoms with van der Waals surface area (Å²) in [7, 11) is 1.46. The molecule has 0 aliphatic heterocycles. The predicted octanol–water partition coefficient (Wildman–Crippen LogP) is 2.95. The number of hydrogen-bond acceptors (Lipinski definition) is 4. The Hall–Kier alpha value is -2.90. The van der Waals surface area contributed by atoms with Gasteiger partial charge in [0.25, 0.3) is 0 Å². The van der Waals surface area contributed by atoms with Gasteiger partial charge in [0, 0.05) is 24.4 Å².